The Balaban J connectivity index is 2.20. The van der Waals surface area contributed by atoms with Crippen LogP contribution in [-0.2, 0) is 13.6 Å². The van der Waals surface area contributed by atoms with Crippen LogP contribution in [0, 0.1) is 12.7 Å². The largest absolute Gasteiger partial charge is 0.492 e. The van der Waals surface area contributed by atoms with E-state index in [0.717, 1.165) is 16.9 Å². The molecule has 1 N–H and O–H groups in total. The van der Waals surface area contributed by atoms with Gasteiger partial charge in [0.2, 0.25) is 5.88 Å². The van der Waals surface area contributed by atoms with Crippen molar-refractivity contribution in [2.45, 2.75) is 20.4 Å². The van der Waals surface area contributed by atoms with Crippen LogP contribution in [0.4, 0.5) is 10.1 Å². The number of aryl methyl sites for hydroxylation is 2. The summed E-state index contributed by atoms with van der Waals surface area (Å²) in [4.78, 5) is 0. The molecule has 5 nitrogen and oxygen atoms in total. The molecule has 0 saturated carbocycles. The molecule has 114 valence electrons. The molecule has 0 saturated heterocycles. The molecule has 0 aliphatic heterocycles. The molecule has 0 aliphatic rings. The normalized spacial score (nSPS) is 10.5. The predicted molar refractivity (Wildman–Crippen MR) is 79.4 cm³/mol. The van der Waals surface area contributed by atoms with Gasteiger partial charge in [-0.25, -0.2) is 9.07 Å². The maximum Gasteiger partial charge on any atom is 0.216 e. The molecule has 1 aromatic heterocycles. The Morgan fingerprint density at radius 1 is 1.38 bits per heavy atom. The van der Waals surface area contributed by atoms with Crippen LogP contribution < -0.4 is 14.8 Å². The number of anilines is 1. The minimum absolute atomic E-state index is 0.320. The average Bonchev–Trinajstić information content (AvgIpc) is 2.72. The van der Waals surface area contributed by atoms with Crippen molar-refractivity contribution in [2.75, 3.05) is 19.0 Å². The number of methoxy groups -OCH3 is 1. The quantitative estimate of drug-likeness (QED) is 0.889. The third-order valence-corrected chi connectivity index (χ3v) is 3.18. The highest BCUT2D eigenvalue weighted by Gasteiger charge is 2.14. The fraction of sp³-hybridized carbons (Fsp3) is 0.400. The fourth-order valence-corrected chi connectivity index (χ4v) is 2.24. The van der Waals surface area contributed by atoms with Crippen LogP contribution in [0.1, 0.15) is 18.2 Å². The van der Waals surface area contributed by atoms with Crippen molar-refractivity contribution in [1.82, 2.24) is 9.78 Å². The first-order valence-electron chi connectivity index (χ1n) is 6.79. The van der Waals surface area contributed by atoms with E-state index in [9.17, 15) is 4.39 Å². The first-order chi connectivity index (χ1) is 10.1. The van der Waals surface area contributed by atoms with Crippen molar-refractivity contribution in [1.29, 1.82) is 0 Å². The second-order valence-electron chi connectivity index (χ2n) is 4.62. The van der Waals surface area contributed by atoms with E-state index in [1.54, 1.807) is 17.9 Å². The molecule has 6 heteroatoms. The molecule has 0 atom stereocenters. The third kappa shape index (κ3) is 3.26. The van der Waals surface area contributed by atoms with E-state index in [4.69, 9.17) is 9.47 Å². The van der Waals surface area contributed by atoms with Crippen molar-refractivity contribution < 1.29 is 13.9 Å². The van der Waals surface area contributed by atoms with E-state index < -0.39 is 0 Å². The minimum atomic E-state index is -0.320. The lowest BCUT2D eigenvalue weighted by Crippen LogP contribution is -2.05. The molecule has 0 spiro atoms. The second-order valence-corrected chi connectivity index (χ2v) is 4.62. The number of aromatic nitrogens is 2. The molecule has 2 rings (SSSR count). The van der Waals surface area contributed by atoms with Crippen molar-refractivity contribution in [3.05, 3.63) is 35.3 Å². The number of hydrogen-bond donors (Lipinski definition) is 1. The summed E-state index contributed by atoms with van der Waals surface area (Å²) in [6.45, 7) is 4.79. The standard InChI is InChI=1S/C15H20FN3O2/c1-5-21-14-8-11(16)6-7-13(14)17-9-12-10(2)18-19(3)15(12)20-4/h6-8,17H,5,9H2,1-4H3. The monoisotopic (exact) mass is 293 g/mol. The summed E-state index contributed by atoms with van der Waals surface area (Å²) in [6, 6.07) is 4.44. The topological polar surface area (TPSA) is 48.3 Å². The number of nitrogens with one attached hydrogen (secondary N) is 1. The summed E-state index contributed by atoms with van der Waals surface area (Å²) >= 11 is 0. The van der Waals surface area contributed by atoms with Gasteiger partial charge in [0.15, 0.2) is 0 Å². The highest BCUT2D eigenvalue weighted by molar-refractivity contribution is 5.57. The van der Waals surface area contributed by atoms with E-state index in [-0.39, 0.29) is 5.82 Å². The molecular weight excluding hydrogens is 273 g/mol. The number of benzene rings is 1. The Labute approximate surface area is 123 Å². The number of halogens is 1. The number of hydrogen-bond acceptors (Lipinski definition) is 4. The molecule has 0 unspecified atom stereocenters. The lowest BCUT2D eigenvalue weighted by molar-refractivity contribution is 0.339. The highest BCUT2D eigenvalue weighted by atomic mass is 19.1. The maximum absolute atomic E-state index is 13.3. The summed E-state index contributed by atoms with van der Waals surface area (Å²) in [5.74, 6) is 0.886. The van der Waals surface area contributed by atoms with Gasteiger partial charge in [-0.05, 0) is 26.0 Å². The van der Waals surface area contributed by atoms with Crippen LogP contribution in [0.15, 0.2) is 18.2 Å². The van der Waals surface area contributed by atoms with Gasteiger partial charge in [0, 0.05) is 19.7 Å². The van der Waals surface area contributed by atoms with Crippen LogP contribution in [0.2, 0.25) is 0 Å². The van der Waals surface area contributed by atoms with E-state index in [1.807, 2.05) is 20.9 Å². The van der Waals surface area contributed by atoms with Gasteiger partial charge in [-0.15, -0.1) is 0 Å². The van der Waals surface area contributed by atoms with Gasteiger partial charge in [-0.1, -0.05) is 0 Å². The van der Waals surface area contributed by atoms with Gasteiger partial charge in [-0.2, -0.15) is 5.10 Å². The Bertz CT molecular complexity index is 626. The lowest BCUT2D eigenvalue weighted by atomic mass is 10.2. The second kappa shape index (κ2) is 6.47. The van der Waals surface area contributed by atoms with E-state index >= 15 is 0 Å². The SMILES string of the molecule is CCOc1cc(F)ccc1NCc1c(C)nn(C)c1OC. The molecule has 0 bridgehead atoms. The van der Waals surface area contributed by atoms with Gasteiger partial charge in [0.25, 0.3) is 0 Å². The van der Waals surface area contributed by atoms with E-state index in [1.165, 1.54) is 12.1 Å². The smallest absolute Gasteiger partial charge is 0.216 e. The number of ether oxygens (including phenoxy) is 2. The van der Waals surface area contributed by atoms with Crippen molar-refractivity contribution in [3.8, 4) is 11.6 Å². The van der Waals surface area contributed by atoms with Gasteiger partial charge in [0.05, 0.1) is 30.7 Å². The van der Waals surface area contributed by atoms with E-state index in [0.29, 0.717) is 24.8 Å². The fourth-order valence-electron chi connectivity index (χ4n) is 2.24. The zero-order valence-corrected chi connectivity index (χ0v) is 12.7. The first kappa shape index (κ1) is 15.2. The third-order valence-electron chi connectivity index (χ3n) is 3.18. The molecule has 0 aliphatic carbocycles. The lowest BCUT2D eigenvalue weighted by Gasteiger charge is -2.13. The molecule has 0 radical (unpaired) electrons. The van der Waals surface area contributed by atoms with Crippen LogP contribution in [0.25, 0.3) is 0 Å². The average molecular weight is 293 g/mol. The number of rotatable bonds is 6. The van der Waals surface area contributed by atoms with Crippen LogP contribution in [-0.4, -0.2) is 23.5 Å². The van der Waals surface area contributed by atoms with Gasteiger partial charge in [-0.3, -0.25) is 0 Å². The molecular formula is C15H20FN3O2. The van der Waals surface area contributed by atoms with Crippen LogP contribution in [0.5, 0.6) is 11.6 Å². The predicted octanol–water partition coefficient (Wildman–Crippen LogP) is 2.89. The first-order valence-corrected chi connectivity index (χ1v) is 6.79. The van der Waals surface area contributed by atoms with Gasteiger partial charge < -0.3 is 14.8 Å². The molecule has 1 aromatic carbocycles. The van der Waals surface area contributed by atoms with Crippen molar-refractivity contribution in [3.63, 3.8) is 0 Å². The summed E-state index contributed by atoms with van der Waals surface area (Å²) in [5, 5.41) is 7.57. The van der Waals surface area contributed by atoms with Gasteiger partial charge >= 0.3 is 0 Å². The Hall–Kier alpha value is -2.24. The molecule has 1 heterocycles. The zero-order chi connectivity index (χ0) is 15.4. The molecule has 0 amide bonds. The Morgan fingerprint density at radius 2 is 2.14 bits per heavy atom. The maximum atomic E-state index is 13.3. The summed E-state index contributed by atoms with van der Waals surface area (Å²) in [6.07, 6.45) is 0. The molecule has 21 heavy (non-hydrogen) atoms. The van der Waals surface area contributed by atoms with Crippen LogP contribution in [0.3, 0.4) is 0 Å². The Morgan fingerprint density at radius 3 is 2.81 bits per heavy atom. The van der Waals surface area contributed by atoms with Crippen LogP contribution >= 0.6 is 0 Å². The van der Waals surface area contributed by atoms with Crippen molar-refractivity contribution >= 4 is 5.69 Å². The van der Waals surface area contributed by atoms with E-state index in [2.05, 4.69) is 10.4 Å². The molecule has 2 aromatic rings. The summed E-state index contributed by atoms with van der Waals surface area (Å²) in [7, 11) is 3.45. The number of nitrogens with zero attached hydrogens (tertiary/aromatic N) is 2. The highest BCUT2D eigenvalue weighted by Crippen LogP contribution is 2.28. The zero-order valence-electron chi connectivity index (χ0n) is 12.7. The summed E-state index contributed by atoms with van der Waals surface area (Å²) in [5.41, 5.74) is 2.59. The van der Waals surface area contributed by atoms with Crippen molar-refractivity contribution in [2.24, 2.45) is 7.05 Å². The summed E-state index contributed by atoms with van der Waals surface area (Å²) < 4.78 is 25.8. The van der Waals surface area contributed by atoms with Gasteiger partial charge in [0.1, 0.15) is 11.6 Å². The Kier molecular flexibility index (Phi) is 4.67. The molecule has 0 fully saturated rings. The minimum Gasteiger partial charge on any atom is -0.492 e.